The van der Waals surface area contributed by atoms with Gasteiger partial charge in [-0.1, -0.05) is 27.7 Å². The van der Waals surface area contributed by atoms with Crippen LogP contribution in [0, 0.1) is 11.8 Å². The Morgan fingerprint density at radius 3 is 2.13 bits per heavy atom. The highest BCUT2D eigenvalue weighted by Gasteiger charge is 2.23. The van der Waals surface area contributed by atoms with Gasteiger partial charge in [0.25, 0.3) is 0 Å². The lowest BCUT2D eigenvalue weighted by molar-refractivity contribution is -0.146. The van der Waals surface area contributed by atoms with Crippen molar-refractivity contribution in [2.24, 2.45) is 11.8 Å². The molecule has 0 aromatic rings. The molecule has 0 aromatic heterocycles. The van der Waals surface area contributed by atoms with Gasteiger partial charge in [0.05, 0.1) is 0 Å². The van der Waals surface area contributed by atoms with Crippen molar-refractivity contribution in [2.75, 3.05) is 13.1 Å². The Labute approximate surface area is 91.3 Å². The number of hydrogen-bond donors (Lipinski definition) is 1. The molecule has 1 atom stereocenters. The minimum absolute atomic E-state index is 0.0609. The van der Waals surface area contributed by atoms with E-state index in [1.165, 1.54) is 4.90 Å². The van der Waals surface area contributed by atoms with Crippen molar-refractivity contribution in [3.8, 4) is 0 Å². The molecule has 0 aromatic carbocycles. The third kappa shape index (κ3) is 4.81. The molecule has 88 valence electrons. The molecule has 0 saturated carbocycles. The van der Waals surface area contributed by atoms with Crippen LogP contribution in [0.5, 0.6) is 0 Å². The van der Waals surface area contributed by atoms with E-state index < -0.39 is 5.97 Å². The maximum Gasteiger partial charge on any atom is 0.323 e. The Morgan fingerprint density at radius 2 is 1.80 bits per heavy atom. The van der Waals surface area contributed by atoms with Crippen LogP contribution in [0.4, 0.5) is 0 Å². The molecule has 0 bridgehead atoms. The van der Waals surface area contributed by atoms with Gasteiger partial charge in [0.1, 0.15) is 6.54 Å². The summed E-state index contributed by atoms with van der Waals surface area (Å²) in [6, 6.07) is 0. The molecule has 4 heteroatoms. The lowest BCUT2D eigenvalue weighted by Gasteiger charge is -2.25. The van der Waals surface area contributed by atoms with Crippen LogP contribution < -0.4 is 0 Å². The second-order valence-corrected chi connectivity index (χ2v) is 4.19. The van der Waals surface area contributed by atoms with Crippen molar-refractivity contribution in [2.45, 2.75) is 34.1 Å². The number of aliphatic carboxylic acids is 1. The van der Waals surface area contributed by atoms with Gasteiger partial charge in [-0.3, -0.25) is 9.59 Å². The van der Waals surface area contributed by atoms with Gasteiger partial charge in [0, 0.05) is 12.5 Å². The van der Waals surface area contributed by atoms with Crippen molar-refractivity contribution < 1.29 is 14.7 Å². The van der Waals surface area contributed by atoms with E-state index in [4.69, 9.17) is 5.11 Å². The number of carbonyl (C=O) groups is 2. The van der Waals surface area contributed by atoms with Crippen molar-refractivity contribution in [1.29, 1.82) is 0 Å². The first kappa shape index (κ1) is 13.9. The fourth-order valence-electron chi connectivity index (χ4n) is 1.27. The molecule has 4 nitrogen and oxygen atoms in total. The van der Waals surface area contributed by atoms with Crippen LogP contribution >= 0.6 is 0 Å². The molecule has 0 heterocycles. The smallest absolute Gasteiger partial charge is 0.323 e. The van der Waals surface area contributed by atoms with Gasteiger partial charge in [-0.2, -0.15) is 0 Å². The summed E-state index contributed by atoms with van der Waals surface area (Å²) in [4.78, 5) is 23.9. The lowest BCUT2D eigenvalue weighted by Crippen LogP contribution is -2.40. The first-order valence-corrected chi connectivity index (χ1v) is 5.40. The van der Waals surface area contributed by atoms with Gasteiger partial charge in [0.2, 0.25) is 5.91 Å². The third-order valence-corrected chi connectivity index (χ3v) is 2.52. The summed E-state index contributed by atoms with van der Waals surface area (Å²) in [5.41, 5.74) is 0. The fraction of sp³-hybridized carbons (Fsp3) is 0.818. The summed E-state index contributed by atoms with van der Waals surface area (Å²) in [6.45, 7) is 8.03. The topological polar surface area (TPSA) is 57.6 Å². The predicted octanol–water partition coefficient (Wildman–Crippen LogP) is 1.60. The molecule has 0 aliphatic heterocycles. The molecule has 0 spiro atoms. The summed E-state index contributed by atoms with van der Waals surface area (Å²) < 4.78 is 0. The van der Waals surface area contributed by atoms with E-state index in [0.717, 1.165) is 6.42 Å². The van der Waals surface area contributed by atoms with Gasteiger partial charge in [-0.15, -0.1) is 0 Å². The quantitative estimate of drug-likeness (QED) is 0.732. The number of nitrogens with zero attached hydrogens (tertiary/aromatic N) is 1. The molecule has 1 amide bonds. The summed E-state index contributed by atoms with van der Waals surface area (Å²) in [5.74, 6) is -0.886. The van der Waals surface area contributed by atoms with E-state index in [1.807, 2.05) is 27.7 Å². The fourth-order valence-corrected chi connectivity index (χ4v) is 1.27. The van der Waals surface area contributed by atoms with Crippen LogP contribution in [-0.2, 0) is 9.59 Å². The standard InChI is InChI=1S/C11H21NO3/c1-5-6-12(7-10(13)14)11(15)9(4)8(2)3/h8-9H,5-7H2,1-4H3,(H,13,14). The highest BCUT2D eigenvalue weighted by molar-refractivity contribution is 5.83. The molecule has 1 N–H and O–H groups in total. The van der Waals surface area contributed by atoms with Crippen molar-refractivity contribution in [3.63, 3.8) is 0 Å². The van der Waals surface area contributed by atoms with Gasteiger partial charge in [0.15, 0.2) is 0 Å². The zero-order valence-electron chi connectivity index (χ0n) is 9.99. The summed E-state index contributed by atoms with van der Waals surface area (Å²) in [5, 5.41) is 8.69. The highest BCUT2D eigenvalue weighted by atomic mass is 16.4. The lowest BCUT2D eigenvalue weighted by atomic mass is 9.96. The average molecular weight is 215 g/mol. The maximum absolute atomic E-state index is 11.9. The molecular formula is C11H21NO3. The summed E-state index contributed by atoms with van der Waals surface area (Å²) in [7, 11) is 0. The average Bonchev–Trinajstić information content (AvgIpc) is 2.14. The first-order valence-electron chi connectivity index (χ1n) is 5.40. The molecule has 0 radical (unpaired) electrons. The van der Waals surface area contributed by atoms with E-state index in [0.29, 0.717) is 6.54 Å². The molecule has 0 saturated heterocycles. The Balaban J connectivity index is 4.47. The van der Waals surface area contributed by atoms with Crippen molar-refractivity contribution in [3.05, 3.63) is 0 Å². The molecule has 0 fully saturated rings. The molecule has 1 unspecified atom stereocenters. The predicted molar refractivity (Wildman–Crippen MR) is 58.5 cm³/mol. The van der Waals surface area contributed by atoms with Crippen molar-refractivity contribution in [1.82, 2.24) is 4.90 Å². The zero-order valence-corrected chi connectivity index (χ0v) is 9.99. The Hall–Kier alpha value is -1.06. The van der Waals surface area contributed by atoms with Crippen LogP contribution in [0.25, 0.3) is 0 Å². The summed E-state index contributed by atoms with van der Waals surface area (Å²) >= 11 is 0. The third-order valence-electron chi connectivity index (χ3n) is 2.52. The van der Waals surface area contributed by atoms with Gasteiger partial charge >= 0.3 is 5.97 Å². The van der Waals surface area contributed by atoms with E-state index in [1.54, 1.807) is 0 Å². The minimum Gasteiger partial charge on any atom is -0.480 e. The van der Waals surface area contributed by atoms with E-state index in [9.17, 15) is 9.59 Å². The van der Waals surface area contributed by atoms with Crippen LogP contribution in [-0.4, -0.2) is 35.0 Å². The Bertz CT molecular complexity index is 226. The SMILES string of the molecule is CCCN(CC(=O)O)C(=O)C(C)C(C)C. The highest BCUT2D eigenvalue weighted by Crippen LogP contribution is 2.13. The second kappa shape index (κ2) is 6.43. The Kier molecular flexibility index (Phi) is 5.97. The van der Waals surface area contributed by atoms with Gasteiger partial charge < -0.3 is 10.0 Å². The van der Waals surface area contributed by atoms with Crippen LogP contribution in [0.1, 0.15) is 34.1 Å². The van der Waals surface area contributed by atoms with E-state index in [-0.39, 0.29) is 24.3 Å². The van der Waals surface area contributed by atoms with Gasteiger partial charge in [-0.25, -0.2) is 0 Å². The molecule has 0 aliphatic carbocycles. The van der Waals surface area contributed by atoms with Gasteiger partial charge in [-0.05, 0) is 12.3 Å². The van der Waals surface area contributed by atoms with Crippen molar-refractivity contribution >= 4 is 11.9 Å². The minimum atomic E-state index is -0.951. The molecule has 0 aliphatic rings. The molecule has 15 heavy (non-hydrogen) atoms. The van der Waals surface area contributed by atoms with E-state index >= 15 is 0 Å². The van der Waals surface area contributed by atoms with Crippen LogP contribution in [0.15, 0.2) is 0 Å². The monoisotopic (exact) mass is 215 g/mol. The Morgan fingerprint density at radius 1 is 1.27 bits per heavy atom. The number of carboxylic acid groups (broad SMARTS) is 1. The van der Waals surface area contributed by atoms with Crippen LogP contribution in [0.2, 0.25) is 0 Å². The molecular weight excluding hydrogens is 194 g/mol. The maximum atomic E-state index is 11.9. The number of amides is 1. The number of rotatable bonds is 6. The number of hydrogen-bond acceptors (Lipinski definition) is 2. The largest absolute Gasteiger partial charge is 0.480 e. The normalized spacial score (nSPS) is 12.6. The number of carbonyl (C=O) groups excluding carboxylic acids is 1. The second-order valence-electron chi connectivity index (χ2n) is 4.19. The zero-order chi connectivity index (χ0) is 12.0. The first-order chi connectivity index (χ1) is 6.90. The number of carboxylic acids is 1. The van der Waals surface area contributed by atoms with E-state index in [2.05, 4.69) is 0 Å². The molecule has 0 rings (SSSR count). The summed E-state index contributed by atoms with van der Waals surface area (Å²) in [6.07, 6.45) is 0.782. The van der Waals surface area contributed by atoms with Crippen LogP contribution in [0.3, 0.4) is 0 Å².